The highest BCUT2D eigenvalue weighted by molar-refractivity contribution is 5.80. The minimum absolute atomic E-state index is 0.392. The second-order valence-corrected chi connectivity index (χ2v) is 5.73. The van der Waals surface area contributed by atoms with Gasteiger partial charge in [0.1, 0.15) is 12.2 Å². The Bertz CT molecular complexity index is 462. The van der Waals surface area contributed by atoms with Gasteiger partial charge >= 0.3 is 0 Å². The van der Waals surface area contributed by atoms with E-state index in [1.807, 2.05) is 4.68 Å². The van der Waals surface area contributed by atoms with Crippen molar-refractivity contribution in [2.45, 2.75) is 51.6 Å². The van der Waals surface area contributed by atoms with E-state index >= 15 is 0 Å². The highest BCUT2D eigenvalue weighted by Gasteiger charge is 2.22. The van der Waals surface area contributed by atoms with Crippen molar-refractivity contribution in [3.8, 4) is 0 Å². The van der Waals surface area contributed by atoms with Gasteiger partial charge in [-0.3, -0.25) is 4.99 Å². The van der Waals surface area contributed by atoms with Gasteiger partial charge in [-0.25, -0.2) is 9.67 Å². The molecule has 6 nitrogen and oxygen atoms in total. The first-order valence-electron chi connectivity index (χ1n) is 7.76. The van der Waals surface area contributed by atoms with Crippen LogP contribution in [0.3, 0.4) is 0 Å². The van der Waals surface area contributed by atoms with Gasteiger partial charge in [0.25, 0.3) is 0 Å². The van der Waals surface area contributed by atoms with Crippen LogP contribution in [-0.2, 0) is 13.0 Å². The average Bonchev–Trinajstić information content (AvgIpc) is 3.15. The van der Waals surface area contributed by atoms with Crippen molar-refractivity contribution in [2.24, 2.45) is 10.9 Å². The summed E-state index contributed by atoms with van der Waals surface area (Å²) in [4.78, 5) is 8.94. The highest BCUT2D eigenvalue weighted by atomic mass is 15.4. The zero-order valence-corrected chi connectivity index (χ0v) is 12.2. The van der Waals surface area contributed by atoms with Crippen LogP contribution in [-0.4, -0.2) is 39.9 Å². The van der Waals surface area contributed by atoms with E-state index in [9.17, 15) is 0 Å². The van der Waals surface area contributed by atoms with Gasteiger partial charge in [0, 0.05) is 25.6 Å². The van der Waals surface area contributed by atoms with Crippen molar-refractivity contribution in [2.75, 3.05) is 13.1 Å². The maximum absolute atomic E-state index is 4.68. The molecule has 1 aliphatic heterocycles. The molecule has 1 unspecified atom stereocenters. The summed E-state index contributed by atoms with van der Waals surface area (Å²) in [5.74, 6) is 2.98. The lowest BCUT2D eigenvalue weighted by Crippen LogP contribution is -2.47. The molecular weight excluding hydrogens is 252 g/mol. The topological polar surface area (TPSA) is 67.1 Å². The van der Waals surface area contributed by atoms with Crippen molar-refractivity contribution in [3.63, 3.8) is 0 Å². The van der Waals surface area contributed by atoms with Gasteiger partial charge in [0.05, 0.1) is 6.54 Å². The SMILES string of the molecule is CCNC(=NCCC1CC1)NC1CCc2ncnn2C1. The Labute approximate surface area is 120 Å². The third-order valence-corrected chi connectivity index (χ3v) is 3.99. The van der Waals surface area contributed by atoms with Crippen LogP contribution in [0, 0.1) is 5.92 Å². The molecule has 0 bridgehead atoms. The van der Waals surface area contributed by atoms with Gasteiger partial charge in [0.2, 0.25) is 0 Å². The van der Waals surface area contributed by atoms with E-state index in [1.165, 1.54) is 19.3 Å². The third kappa shape index (κ3) is 3.49. The summed E-state index contributed by atoms with van der Waals surface area (Å²) in [6, 6.07) is 0.392. The lowest BCUT2D eigenvalue weighted by atomic mass is 10.1. The molecule has 0 aromatic carbocycles. The third-order valence-electron chi connectivity index (χ3n) is 3.99. The van der Waals surface area contributed by atoms with Crippen LogP contribution in [0.5, 0.6) is 0 Å². The number of rotatable bonds is 5. The van der Waals surface area contributed by atoms with Crippen LogP contribution in [0.4, 0.5) is 0 Å². The quantitative estimate of drug-likeness (QED) is 0.620. The summed E-state index contributed by atoms with van der Waals surface area (Å²) in [5.41, 5.74) is 0. The number of hydrogen-bond acceptors (Lipinski definition) is 3. The molecule has 0 spiro atoms. The van der Waals surface area contributed by atoms with E-state index < -0.39 is 0 Å². The number of guanidine groups is 1. The van der Waals surface area contributed by atoms with E-state index in [2.05, 4.69) is 32.6 Å². The van der Waals surface area contributed by atoms with Crippen molar-refractivity contribution >= 4 is 5.96 Å². The fourth-order valence-corrected chi connectivity index (χ4v) is 2.63. The fourth-order valence-electron chi connectivity index (χ4n) is 2.63. The lowest BCUT2D eigenvalue weighted by Gasteiger charge is -2.25. The molecule has 20 heavy (non-hydrogen) atoms. The molecule has 6 heteroatoms. The number of fused-ring (bicyclic) bond motifs is 1. The molecule has 0 radical (unpaired) electrons. The first-order chi connectivity index (χ1) is 9.85. The Hall–Kier alpha value is -1.59. The molecule has 1 saturated carbocycles. The van der Waals surface area contributed by atoms with E-state index in [1.54, 1.807) is 6.33 Å². The second-order valence-electron chi connectivity index (χ2n) is 5.73. The summed E-state index contributed by atoms with van der Waals surface area (Å²) in [6.45, 7) is 4.81. The average molecular weight is 276 g/mol. The van der Waals surface area contributed by atoms with Gasteiger partial charge in [-0.15, -0.1) is 0 Å². The normalized spacial score (nSPS) is 22.4. The second kappa shape index (κ2) is 6.24. The number of aromatic nitrogens is 3. The van der Waals surface area contributed by atoms with E-state index in [4.69, 9.17) is 0 Å². The predicted octanol–water partition coefficient (Wildman–Crippen LogP) is 0.948. The molecule has 2 heterocycles. The molecule has 2 aliphatic rings. The van der Waals surface area contributed by atoms with Crippen LogP contribution in [0.1, 0.15) is 38.4 Å². The fraction of sp³-hybridized carbons (Fsp3) is 0.786. The molecule has 110 valence electrons. The van der Waals surface area contributed by atoms with E-state index in [0.717, 1.165) is 50.2 Å². The number of hydrogen-bond donors (Lipinski definition) is 2. The summed E-state index contributed by atoms with van der Waals surface area (Å²) in [6.07, 6.45) is 7.75. The minimum Gasteiger partial charge on any atom is -0.357 e. The van der Waals surface area contributed by atoms with Crippen molar-refractivity contribution < 1.29 is 0 Å². The summed E-state index contributed by atoms with van der Waals surface area (Å²) < 4.78 is 1.99. The molecule has 1 fully saturated rings. The van der Waals surface area contributed by atoms with E-state index in [-0.39, 0.29) is 0 Å². The largest absolute Gasteiger partial charge is 0.357 e. The molecule has 1 aromatic rings. The summed E-state index contributed by atoms with van der Waals surface area (Å²) in [5, 5.41) is 11.1. The first-order valence-corrected chi connectivity index (χ1v) is 7.76. The van der Waals surface area contributed by atoms with Crippen LogP contribution in [0.2, 0.25) is 0 Å². The molecule has 3 rings (SSSR count). The number of aliphatic imine (C=N–C) groups is 1. The Balaban J connectivity index is 1.53. The number of nitrogens with one attached hydrogen (secondary N) is 2. The molecule has 0 saturated heterocycles. The lowest BCUT2D eigenvalue weighted by molar-refractivity contribution is 0.392. The van der Waals surface area contributed by atoms with Crippen LogP contribution >= 0.6 is 0 Å². The summed E-state index contributed by atoms with van der Waals surface area (Å²) in [7, 11) is 0. The minimum atomic E-state index is 0.392. The molecule has 1 aliphatic carbocycles. The molecule has 2 N–H and O–H groups in total. The van der Waals surface area contributed by atoms with Gasteiger partial charge in [-0.1, -0.05) is 12.8 Å². The van der Waals surface area contributed by atoms with Gasteiger partial charge in [-0.2, -0.15) is 5.10 Å². The highest BCUT2D eigenvalue weighted by Crippen LogP contribution is 2.32. The van der Waals surface area contributed by atoms with Gasteiger partial charge < -0.3 is 10.6 Å². The smallest absolute Gasteiger partial charge is 0.191 e. The van der Waals surface area contributed by atoms with Crippen LogP contribution in [0.25, 0.3) is 0 Å². The standard InChI is InChI=1S/C14H24N6/c1-2-15-14(16-8-7-11-3-4-11)19-12-5-6-13-17-10-18-20(13)9-12/h10-12H,2-9H2,1H3,(H2,15,16,19). The summed E-state index contributed by atoms with van der Waals surface area (Å²) >= 11 is 0. The van der Waals surface area contributed by atoms with Crippen molar-refractivity contribution in [3.05, 3.63) is 12.2 Å². The Morgan fingerprint density at radius 3 is 3.15 bits per heavy atom. The maximum atomic E-state index is 4.68. The van der Waals surface area contributed by atoms with Gasteiger partial charge in [0.15, 0.2) is 5.96 Å². The monoisotopic (exact) mass is 276 g/mol. The molecule has 0 amide bonds. The van der Waals surface area contributed by atoms with Crippen molar-refractivity contribution in [1.29, 1.82) is 0 Å². The maximum Gasteiger partial charge on any atom is 0.191 e. The molecular formula is C14H24N6. The van der Waals surface area contributed by atoms with Gasteiger partial charge in [-0.05, 0) is 25.7 Å². The molecule has 1 aromatic heterocycles. The number of nitrogens with zero attached hydrogens (tertiary/aromatic N) is 4. The van der Waals surface area contributed by atoms with Crippen LogP contribution < -0.4 is 10.6 Å². The Morgan fingerprint density at radius 2 is 2.35 bits per heavy atom. The molecule has 1 atom stereocenters. The van der Waals surface area contributed by atoms with E-state index in [0.29, 0.717) is 6.04 Å². The first kappa shape index (κ1) is 13.4. The zero-order chi connectivity index (χ0) is 13.8. The zero-order valence-electron chi connectivity index (χ0n) is 12.2. The number of aryl methyl sites for hydroxylation is 1. The van der Waals surface area contributed by atoms with Crippen molar-refractivity contribution in [1.82, 2.24) is 25.4 Å². The predicted molar refractivity (Wildman–Crippen MR) is 78.6 cm³/mol. The Kier molecular flexibility index (Phi) is 4.18. The Morgan fingerprint density at radius 1 is 1.45 bits per heavy atom. The van der Waals surface area contributed by atoms with Crippen LogP contribution in [0.15, 0.2) is 11.3 Å².